The van der Waals surface area contributed by atoms with Crippen molar-refractivity contribution in [1.82, 2.24) is 0 Å². The van der Waals surface area contributed by atoms with Crippen LogP contribution in [0.5, 0.6) is 5.75 Å². The molecule has 0 bridgehead atoms. The van der Waals surface area contributed by atoms with Crippen LogP contribution in [-0.2, 0) is 4.74 Å². The van der Waals surface area contributed by atoms with Crippen LogP contribution in [0, 0.1) is 10.1 Å². The van der Waals surface area contributed by atoms with Crippen molar-refractivity contribution in [2.24, 2.45) is 0 Å². The number of morpholine rings is 1. The number of nitro benzene ring substituents is 1. The molecule has 27 heavy (non-hydrogen) atoms. The van der Waals surface area contributed by atoms with Crippen LogP contribution in [0.1, 0.15) is 10.4 Å². The lowest BCUT2D eigenvalue weighted by Gasteiger charge is -2.30. The van der Waals surface area contributed by atoms with E-state index in [9.17, 15) is 14.9 Å². The topological polar surface area (TPSA) is 93.9 Å². The van der Waals surface area contributed by atoms with Crippen molar-refractivity contribution in [3.63, 3.8) is 0 Å². The van der Waals surface area contributed by atoms with Crippen molar-refractivity contribution in [2.45, 2.75) is 0 Å². The molecule has 0 aliphatic carbocycles. The molecule has 0 atom stereocenters. The summed E-state index contributed by atoms with van der Waals surface area (Å²) in [4.78, 5) is 25.4. The Bertz CT molecular complexity index is 868. The zero-order valence-corrected chi connectivity index (χ0v) is 15.4. The van der Waals surface area contributed by atoms with E-state index in [-0.39, 0.29) is 17.0 Å². The molecule has 9 heteroatoms. The van der Waals surface area contributed by atoms with Crippen LogP contribution in [0.3, 0.4) is 0 Å². The minimum atomic E-state index is -0.589. The summed E-state index contributed by atoms with van der Waals surface area (Å²) < 4.78 is 10.3. The second-order valence-electron chi connectivity index (χ2n) is 5.86. The predicted molar refractivity (Wildman–Crippen MR) is 102 cm³/mol. The third kappa shape index (κ3) is 4.29. The Morgan fingerprint density at radius 1 is 1.26 bits per heavy atom. The first kappa shape index (κ1) is 18.9. The zero-order valence-electron chi connectivity index (χ0n) is 14.6. The van der Waals surface area contributed by atoms with E-state index >= 15 is 0 Å². The maximum absolute atomic E-state index is 12.7. The van der Waals surface area contributed by atoms with E-state index in [2.05, 4.69) is 10.2 Å². The van der Waals surface area contributed by atoms with Crippen molar-refractivity contribution in [2.75, 3.05) is 43.6 Å². The number of nitro groups is 1. The lowest BCUT2D eigenvalue weighted by atomic mass is 10.1. The Labute approximate surface area is 160 Å². The van der Waals surface area contributed by atoms with Crippen molar-refractivity contribution >= 4 is 34.6 Å². The first-order chi connectivity index (χ1) is 13.0. The predicted octanol–water partition coefficient (Wildman–Crippen LogP) is 3.35. The van der Waals surface area contributed by atoms with Gasteiger partial charge >= 0.3 is 5.69 Å². The maximum atomic E-state index is 12.7. The molecule has 142 valence electrons. The fraction of sp³-hybridized carbons (Fsp3) is 0.278. The quantitative estimate of drug-likeness (QED) is 0.620. The molecule has 0 spiro atoms. The van der Waals surface area contributed by atoms with E-state index in [1.54, 1.807) is 12.1 Å². The van der Waals surface area contributed by atoms with Gasteiger partial charge in [-0.15, -0.1) is 0 Å². The normalized spacial score (nSPS) is 13.9. The summed E-state index contributed by atoms with van der Waals surface area (Å²) in [5.41, 5.74) is 1.23. The third-order valence-corrected chi connectivity index (χ3v) is 4.43. The number of benzene rings is 2. The molecule has 1 N–H and O–H groups in total. The molecule has 1 aliphatic heterocycles. The number of halogens is 1. The molecule has 0 radical (unpaired) electrons. The Balaban J connectivity index is 1.89. The average Bonchev–Trinajstić information content (AvgIpc) is 2.68. The van der Waals surface area contributed by atoms with E-state index in [4.69, 9.17) is 21.1 Å². The van der Waals surface area contributed by atoms with Gasteiger partial charge in [0.05, 0.1) is 36.6 Å². The molecule has 1 heterocycles. The van der Waals surface area contributed by atoms with E-state index < -0.39 is 10.8 Å². The molecule has 1 amide bonds. The highest BCUT2D eigenvalue weighted by Gasteiger charge is 2.20. The molecule has 2 aromatic carbocycles. The molecule has 3 rings (SSSR count). The van der Waals surface area contributed by atoms with Crippen LogP contribution in [-0.4, -0.2) is 44.2 Å². The first-order valence-electron chi connectivity index (χ1n) is 8.25. The molecule has 1 saturated heterocycles. The van der Waals surface area contributed by atoms with Gasteiger partial charge in [-0.05, 0) is 30.3 Å². The molecule has 0 aromatic heterocycles. The van der Waals surface area contributed by atoms with Gasteiger partial charge in [-0.25, -0.2) is 0 Å². The summed E-state index contributed by atoms with van der Waals surface area (Å²) in [6.07, 6.45) is 0. The van der Waals surface area contributed by atoms with E-state index in [0.29, 0.717) is 37.0 Å². The largest absolute Gasteiger partial charge is 0.490 e. The molecule has 1 fully saturated rings. The van der Waals surface area contributed by atoms with Crippen molar-refractivity contribution < 1.29 is 19.2 Å². The number of methoxy groups -OCH3 is 1. The SMILES string of the molecule is COc1ccc(C(=O)Nc2cc(Cl)ccc2N2CCOCC2)cc1[N+](=O)[O-]. The second kappa shape index (κ2) is 8.24. The summed E-state index contributed by atoms with van der Waals surface area (Å²) in [7, 11) is 1.34. The number of carbonyl (C=O) groups excluding carboxylic acids is 1. The Kier molecular flexibility index (Phi) is 5.78. The monoisotopic (exact) mass is 391 g/mol. The molecular formula is C18H18ClN3O5. The number of nitrogens with zero attached hydrogens (tertiary/aromatic N) is 2. The fourth-order valence-corrected chi connectivity index (χ4v) is 3.03. The number of anilines is 2. The summed E-state index contributed by atoms with van der Waals surface area (Å²) in [6, 6.07) is 9.29. The Hall–Kier alpha value is -2.84. The van der Waals surface area contributed by atoms with Crippen LogP contribution in [0.15, 0.2) is 36.4 Å². The zero-order chi connectivity index (χ0) is 19.4. The van der Waals surface area contributed by atoms with E-state index in [1.807, 2.05) is 6.07 Å². The van der Waals surface area contributed by atoms with Crippen LogP contribution in [0.25, 0.3) is 0 Å². The molecular weight excluding hydrogens is 374 g/mol. The van der Waals surface area contributed by atoms with Crippen LogP contribution in [0.2, 0.25) is 5.02 Å². The highest BCUT2D eigenvalue weighted by molar-refractivity contribution is 6.31. The van der Waals surface area contributed by atoms with Crippen LogP contribution >= 0.6 is 11.6 Å². The van der Waals surface area contributed by atoms with Crippen molar-refractivity contribution in [1.29, 1.82) is 0 Å². The van der Waals surface area contributed by atoms with E-state index in [0.717, 1.165) is 5.69 Å². The van der Waals surface area contributed by atoms with Crippen LogP contribution < -0.4 is 15.0 Å². The maximum Gasteiger partial charge on any atom is 0.311 e. The number of amides is 1. The van der Waals surface area contributed by atoms with Gasteiger partial charge in [0.2, 0.25) is 0 Å². The highest BCUT2D eigenvalue weighted by Crippen LogP contribution is 2.31. The van der Waals surface area contributed by atoms with Crippen molar-refractivity contribution in [3.8, 4) is 5.75 Å². The van der Waals surface area contributed by atoms with Gasteiger partial charge in [-0.2, -0.15) is 0 Å². The molecule has 0 saturated carbocycles. The number of nitrogens with one attached hydrogen (secondary N) is 1. The van der Waals surface area contributed by atoms with Gasteiger partial charge < -0.3 is 19.7 Å². The minimum Gasteiger partial charge on any atom is -0.490 e. The molecule has 0 unspecified atom stereocenters. The standard InChI is InChI=1S/C18H18ClN3O5/c1-26-17-5-2-12(10-16(17)22(24)25)18(23)20-14-11-13(19)3-4-15(14)21-6-8-27-9-7-21/h2-5,10-11H,6-9H2,1H3,(H,20,23). The number of ether oxygens (including phenoxy) is 2. The Morgan fingerprint density at radius 2 is 2.00 bits per heavy atom. The number of carbonyl (C=O) groups is 1. The summed E-state index contributed by atoms with van der Waals surface area (Å²) >= 11 is 6.09. The van der Waals surface area contributed by atoms with Gasteiger partial charge in [0.1, 0.15) is 0 Å². The minimum absolute atomic E-state index is 0.0910. The van der Waals surface area contributed by atoms with Crippen molar-refractivity contribution in [3.05, 3.63) is 57.1 Å². The third-order valence-electron chi connectivity index (χ3n) is 4.20. The second-order valence-corrected chi connectivity index (χ2v) is 6.30. The molecule has 2 aromatic rings. The highest BCUT2D eigenvalue weighted by atomic mass is 35.5. The number of hydrogen-bond acceptors (Lipinski definition) is 6. The lowest BCUT2D eigenvalue weighted by molar-refractivity contribution is -0.385. The number of hydrogen-bond donors (Lipinski definition) is 1. The lowest BCUT2D eigenvalue weighted by Crippen LogP contribution is -2.36. The van der Waals surface area contributed by atoms with Crippen LogP contribution in [0.4, 0.5) is 17.1 Å². The summed E-state index contributed by atoms with van der Waals surface area (Å²) in [6.45, 7) is 2.58. The van der Waals surface area contributed by atoms with Gasteiger partial charge in [-0.3, -0.25) is 14.9 Å². The number of rotatable bonds is 5. The first-order valence-corrected chi connectivity index (χ1v) is 8.63. The smallest absolute Gasteiger partial charge is 0.311 e. The van der Waals surface area contributed by atoms with Gasteiger partial charge in [0, 0.05) is 29.7 Å². The van der Waals surface area contributed by atoms with E-state index in [1.165, 1.54) is 25.3 Å². The fourth-order valence-electron chi connectivity index (χ4n) is 2.86. The summed E-state index contributed by atoms with van der Waals surface area (Å²) in [5.74, 6) is -0.383. The van der Waals surface area contributed by atoms with Gasteiger partial charge in [0.25, 0.3) is 5.91 Å². The molecule has 8 nitrogen and oxygen atoms in total. The van der Waals surface area contributed by atoms with Gasteiger partial charge in [0.15, 0.2) is 5.75 Å². The summed E-state index contributed by atoms with van der Waals surface area (Å²) in [5, 5.41) is 14.5. The van der Waals surface area contributed by atoms with Gasteiger partial charge in [-0.1, -0.05) is 11.6 Å². The Morgan fingerprint density at radius 3 is 2.67 bits per heavy atom. The molecule has 1 aliphatic rings. The average molecular weight is 392 g/mol.